The third-order valence-electron chi connectivity index (χ3n) is 4.98. The van der Waals surface area contributed by atoms with E-state index in [9.17, 15) is 14.3 Å². The molecule has 0 fully saturated rings. The molecule has 6 nitrogen and oxygen atoms in total. The number of carbonyl (C=O) groups excluding carboxylic acids is 1. The van der Waals surface area contributed by atoms with E-state index in [4.69, 9.17) is 22.4 Å². The molecule has 0 saturated heterocycles. The van der Waals surface area contributed by atoms with Gasteiger partial charge in [-0.05, 0) is 66.6 Å². The lowest BCUT2D eigenvalue weighted by Crippen LogP contribution is -2.26. The molecule has 172 valence electrons. The largest absolute Gasteiger partial charge is 0.397 e. The molecule has 0 amide bonds. The minimum Gasteiger partial charge on any atom is -0.397 e. The molecule has 33 heavy (non-hydrogen) atoms. The first-order valence-corrected chi connectivity index (χ1v) is 10.6. The van der Waals surface area contributed by atoms with E-state index in [0.717, 1.165) is 5.56 Å². The van der Waals surface area contributed by atoms with Crippen molar-refractivity contribution in [2.75, 3.05) is 18.5 Å². The Morgan fingerprint density at radius 1 is 1.09 bits per heavy atom. The van der Waals surface area contributed by atoms with E-state index in [1.807, 2.05) is 6.92 Å². The van der Waals surface area contributed by atoms with E-state index in [1.54, 1.807) is 48.5 Å². The molecular formula is C25H25ClFN3O3. The maximum atomic E-state index is 13.2. The maximum absolute atomic E-state index is 13.2. The molecule has 1 unspecified atom stereocenters. The van der Waals surface area contributed by atoms with Crippen molar-refractivity contribution in [1.82, 2.24) is 5.32 Å². The molecule has 0 heterocycles. The predicted octanol–water partition coefficient (Wildman–Crippen LogP) is 3.96. The van der Waals surface area contributed by atoms with Crippen LogP contribution < -0.4 is 16.4 Å². The van der Waals surface area contributed by atoms with E-state index in [1.165, 1.54) is 18.3 Å². The molecule has 0 aliphatic rings. The minimum atomic E-state index is -0.896. The Labute approximate surface area is 196 Å². The number of halogens is 2. The highest BCUT2D eigenvalue weighted by molar-refractivity contribution is 6.35. The highest BCUT2D eigenvalue weighted by atomic mass is 35.5. The topological polar surface area (TPSA) is 108 Å². The molecule has 0 spiro atoms. The Kier molecular flexibility index (Phi) is 8.06. The monoisotopic (exact) mass is 469 g/mol. The molecule has 0 aromatic heterocycles. The van der Waals surface area contributed by atoms with Crippen LogP contribution in [0.5, 0.6) is 0 Å². The number of rotatable bonds is 9. The van der Waals surface area contributed by atoms with Gasteiger partial charge in [0.15, 0.2) is 5.78 Å². The summed E-state index contributed by atoms with van der Waals surface area (Å²) in [6.07, 6.45) is 0.618. The van der Waals surface area contributed by atoms with Crippen LogP contribution in [0.25, 0.3) is 5.70 Å². The normalized spacial score (nSPS) is 12.3. The number of hydrogen-bond donors (Lipinski definition) is 5. The Morgan fingerprint density at radius 3 is 2.45 bits per heavy atom. The van der Waals surface area contributed by atoms with Gasteiger partial charge in [-0.15, -0.1) is 0 Å². The van der Waals surface area contributed by atoms with Crippen LogP contribution in [0.2, 0.25) is 5.02 Å². The van der Waals surface area contributed by atoms with Gasteiger partial charge in [0.25, 0.3) is 0 Å². The van der Waals surface area contributed by atoms with Gasteiger partial charge in [-0.25, -0.2) is 4.39 Å². The average Bonchev–Trinajstić information content (AvgIpc) is 2.80. The highest BCUT2D eigenvalue weighted by Crippen LogP contribution is 2.27. The fourth-order valence-corrected chi connectivity index (χ4v) is 3.39. The lowest BCUT2D eigenvalue weighted by atomic mass is 9.96. The van der Waals surface area contributed by atoms with Crippen LogP contribution in [0.1, 0.15) is 27.0 Å². The van der Waals surface area contributed by atoms with Crippen molar-refractivity contribution in [2.45, 2.75) is 13.0 Å². The molecule has 0 bridgehead atoms. The number of aliphatic hydroxyl groups is 2. The van der Waals surface area contributed by atoms with Gasteiger partial charge in [0.1, 0.15) is 5.82 Å². The minimum absolute atomic E-state index is 0.142. The van der Waals surface area contributed by atoms with Crippen LogP contribution in [0.3, 0.4) is 0 Å². The summed E-state index contributed by atoms with van der Waals surface area (Å²) >= 11 is 6.42. The Hall–Kier alpha value is -3.39. The van der Waals surface area contributed by atoms with Crippen LogP contribution in [0, 0.1) is 12.7 Å². The molecule has 0 radical (unpaired) electrons. The molecule has 3 aromatic rings. The maximum Gasteiger partial charge on any atom is 0.194 e. The van der Waals surface area contributed by atoms with Crippen LogP contribution >= 0.6 is 11.6 Å². The molecule has 0 aliphatic heterocycles. The first kappa shape index (κ1) is 24.3. The quantitative estimate of drug-likeness (QED) is 0.304. The second kappa shape index (κ2) is 11.0. The zero-order valence-electron chi connectivity index (χ0n) is 18.0. The summed E-state index contributed by atoms with van der Waals surface area (Å²) < 4.78 is 13.1. The van der Waals surface area contributed by atoms with Gasteiger partial charge in [0.2, 0.25) is 0 Å². The predicted molar refractivity (Wildman–Crippen MR) is 129 cm³/mol. The van der Waals surface area contributed by atoms with E-state index >= 15 is 0 Å². The van der Waals surface area contributed by atoms with Crippen molar-refractivity contribution in [3.8, 4) is 0 Å². The van der Waals surface area contributed by atoms with Crippen molar-refractivity contribution >= 4 is 34.5 Å². The third-order valence-corrected chi connectivity index (χ3v) is 5.30. The summed E-state index contributed by atoms with van der Waals surface area (Å²) in [5, 5.41) is 24.5. The SMILES string of the molecule is Cc1ccc(/C(N)=C/NCC(O)CO)cc1C(=O)c1ccc(Nc2ccc(F)cc2)cc1Cl. The number of aryl methyl sites for hydroxylation is 1. The number of carbonyl (C=O) groups is 1. The molecule has 0 aliphatic carbocycles. The summed E-state index contributed by atoms with van der Waals surface area (Å²) in [6, 6.07) is 16.2. The smallest absolute Gasteiger partial charge is 0.194 e. The molecule has 3 rings (SSSR count). The molecule has 6 N–H and O–H groups in total. The standard InChI is InChI=1S/C25H25ClFN3O3/c1-15-2-3-16(24(28)13-29-12-20(32)14-31)10-22(15)25(33)21-9-8-19(11-23(21)26)30-18-6-4-17(27)5-7-18/h2-11,13,20,29-32H,12,14,28H2,1H3/b24-13-. The van der Waals surface area contributed by atoms with E-state index in [0.29, 0.717) is 33.8 Å². The fourth-order valence-electron chi connectivity index (χ4n) is 3.12. The molecule has 1 atom stereocenters. The van der Waals surface area contributed by atoms with E-state index in [2.05, 4.69) is 10.6 Å². The molecule has 8 heteroatoms. The zero-order chi connectivity index (χ0) is 24.0. The van der Waals surface area contributed by atoms with Crippen LogP contribution in [-0.2, 0) is 0 Å². The van der Waals surface area contributed by atoms with Gasteiger partial charge >= 0.3 is 0 Å². The number of hydrogen-bond acceptors (Lipinski definition) is 6. The number of aliphatic hydroxyl groups excluding tert-OH is 2. The number of benzene rings is 3. The fraction of sp³-hybridized carbons (Fsp3) is 0.160. The molecule has 0 saturated carbocycles. The molecular weight excluding hydrogens is 445 g/mol. The first-order chi connectivity index (χ1) is 15.8. The summed E-state index contributed by atoms with van der Waals surface area (Å²) in [5.74, 6) is -0.574. The van der Waals surface area contributed by atoms with Crippen molar-refractivity contribution in [1.29, 1.82) is 0 Å². The van der Waals surface area contributed by atoms with Crippen LogP contribution in [0.15, 0.2) is 66.9 Å². The van der Waals surface area contributed by atoms with Crippen molar-refractivity contribution < 1.29 is 19.4 Å². The van der Waals surface area contributed by atoms with Gasteiger partial charge in [-0.3, -0.25) is 4.79 Å². The van der Waals surface area contributed by atoms with Crippen molar-refractivity contribution in [2.24, 2.45) is 5.73 Å². The van der Waals surface area contributed by atoms with Gasteiger partial charge in [0, 0.05) is 35.2 Å². The number of ketones is 1. The lowest BCUT2D eigenvalue weighted by molar-refractivity contribution is 0.0972. The zero-order valence-corrected chi connectivity index (χ0v) is 18.7. The van der Waals surface area contributed by atoms with Gasteiger partial charge < -0.3 is 26.6 Å². The number of anilines is 2. The number of nitrogens with one attached hydrogen (secondary N) is 2. The Balaban J connectivity index is 1.80. The van der Waals surface area contributed by atoms with Crippen LogP contribution in [-0.4, -0.2) is 35.3 Å². The lowest BCUT2D eigenvalue weighted by Gasteiger charge is -2.12. The van der Waals surface area contributed by atoms with Crippen molar-refractivity contribution in [3.05, 3.63) is 100.0 Å². The number of nitrogens with two attached hydrogens (primary N) is 1. The third kappa shape index (κ3) is 6.32. The van der Waals surface area contributed by atoms with Gasteiger partial charge in [-0.2, -0.15) is 0 Å². The highest BCUT2D eigenvalue weighted by Gasteiger charge is 2.17. The van der Waals surface area contributed by atoms with Gasteiger partial charge in [0.05, 0.1) is 23.4 Å². The summed E-state index contributed by atoms with van der Waals surface area (Å²) in [7, 11) is 0. The summed E-state index contributed by atoms with van der Waals surface area (Å²) in [4.78, 5) is 13.2. The Bertz CT molecular complexity index is 1170. The van der Waals surface area contributed by atoms with Crippen molar-refractivity contribution in [3.63, 3.8) is 0 Å². The second-order valence-electron chi connectivity index (χ2n) is 7.53. The second-order valence-corrected chi connectivity index (χ2v) is 7.94. The van der Waals surface area contributed by atoms with E-state index < -0.39 is 6.10 Å². The summed E-state index contributed by atoms with van der Waals surface area (Å²) in [5.41, 5.74) is 10.0. The first-order valence-electron chi connectivity index (χ1n) is 10.2. The molecule has 3 aromatic carbocycles. The average molecular weight is 470 g/mol. The van der Waals surface area contributed by atoms with Crippen LogP contribution in [0.4, 0.5) is 15.8 Å². The van der Waals surface area contributed by atoms with E-state index in [-0.39, 0.29) is 29.8 Å². The Morgan fingerprint density at radius 2 is 1.79 bits per heavy atom. The summed E-state index contributed by atoms with van der Waals surface area (Å²) in [6.45, 7) is 1.61. The van der Waals surface area contributed by atoms with Gasteiger partial charge in [-0.1, -0.05) is 23.7 Å².